The van der Waals surface area contributed by atoms with Crippen LogP contribution in [-0.2, 0) is 6.54 Å². The lowest BCUT2D eigenvalue weighted by molar-refractivity contribution is 0.173. The molecule has 0 spiro atoms. The minimum Gasteiger partial charge on any atom is -0.399 e. The van der Waals surface area contributed by atoms with E-state index >= 15 is 0 Å². The Balaban J connectivity index is 1.26. The lowest BCUT2D eigenvalue weighted by Crippen LogP contribution is -2.34. The molecular formula is C23H23BrN6. The smallest absolute Gasteiger partial charge is 0.104 e. The van der Waals surface area contributed by atoms with Gasteiger partial charge in [0.1, 0.15) is 5.52 Å². The fraction of sp³-hybridized carbons (Fsp3) is 0.261. The van der Waals surface area contributed by atoms with Crippen molar-refractivity contribution in [1.82, 2.24) is 24.6 Å². The van der Waals surface area contributed by atoms with Crippen molar-refractivity contribution in [1.29, 1.82) is 0 Å². The molecule has 3 heterocycles. The van der Waals surface area contributed by atoms with E-state index in [1.807, 2.05) is 42.7 Å². The van der Waals surface area contributed by atoms with Gasteiger partial charge in [0.25, 0.3) is 0 Å². The maximum absolute atomic E-state index is 5.79. The number of halogens is 1. The second-order valence-corrected chi connectivity index (χ2v) is 8.68. The number of benzene rings is 2. The van der Waals surface area contributed by atoms with Crippen LogP contribution in [-0.4, -0.2) is 37.7 Å². The molecule has 0 bridgehead atoms. The molecule has 0 saturated carbocycles. The number of fused-ring (bicyclic) bond motifs is 1. The number of para-hydroxylation sites is 1. The van der Waals surface area contributed by atoms with Crippen LogP contribution in [0.25, 0.3) is 22.3 Å². The first-order valence-electron chi connectivity index (χ1n) is 10.2. The predicted octanol–water partition coefficient (Wildman–Crippen LogP) is 4.68. The highest BCUT2D eigenvalue weighted by Gasteiger charge is 2.21. The third-order valence-electron chi connectivity index (χ3n) is 5.74. The number of nitrogen functional groups attached to an aromatic ring is 1. The van der Waals surface area contributed by atoms with E-state index in [0.717, 1.165) is 64.9 Å². The average Bonchev–Trinajstić information content (AvgIpc) is 3.26. The Morgan fingerprint density at radius 3 is 2.63 bits per heavy atom. The van der Waals surface area contributed by atoms with Gasteiger partial charge in [0.2, 0.25) is 0 Å². The Hall–Kier alpha value is -2.77. The van der Waals surface area contributed by atoms with Gasteiger partial charge in [-0.05, 0) is 58.6 Å². The number of likely N-dealkylation sites (tertiary alicyclic amines) is 1. The summed E-state index contributed by atoms with van der Waals surface area (Å²) in [5.41, 5.74) is 11.5. The second-order valence-electron chi connectivity index (χ2n) is 7.82. The Kier molecular flexibility index (Phi) is 5.23. The summed E-state index contributed by atoms with van der Waals surface area (Å²) in [6.07, 6.45) is 8.00. The SMILES string of the molecule is Nc1ccc(CN2CCC(n3cc(-c4cnc5cccc(Br)c5n4)cn3)CC2)cc1. The first-order valence-corrected chi connectivity index (χ1v) is 11.0. The van der Waals surface area contributed by atoms with Crippen LogP contribution in [0.2, 0.25) is 0 Å². The summed E-state index contributed by atoms with van der Waals surface area (Å²) in [6, 6.07) is 14.5. The molecule has 0 amide bonds. The molecule has 7 heteroatoms. The highest BCUT2D eigenvalue weighted by atomic mass is 79.9. The Labute approximate surface area is 183 Å². The Morgan fingerprint density at radius 2 is 1.83 bits per heavy atom. The molecule has 0 atom stereocenters. The first kappa shape index (κ1) is 19.2. The highest BCUT2D eigenvalue weighted by molar-refractivity contribution is 9.10. The van der Waals surface area contributed by atoms with Gasteiger partial charge in [0.15, 0.2) is 0 Å². The number of hydrogen-bond acceptors (Lipinski definition) is 5. The van der Waals surface area contributed by atoms with Crippen molar-refractivity contribution in [3.05, 3.63) is 71.1 Å². The highest BCUT2D eigenvalue weighted by Crippen LogP contribution is 2.27. The van der Waals surface area contributed by atoms with Gasteiger partial charge >= 0.3 is 0 Å². The molecule has 0 unspecified atom stereocenters. The number of hydrogen-bond donors (Lipinski definition) is 1. The maximum Gasteiger partial charge on any atom is 0.104 e. The van der Waals surface area contributed by atoms with Gasteiger partial charge in [-0.25, -0.2) is 4.98 Å². The molecule has 2 N–H and O–H groups in total. The van der Waals surface area contributed by atoms with Crippen LogP contribution in [0.3, 0.4) is 0 Å². The zero-order chi connectivity index (χ0) is 20.5. The molecule has 6 nitrogen and oxygen atoms in total. The van der Waals surface area contributed by atoms with Gasteiger partial charge in [-0.3, -0.25) is 14.6 Å². The summed E-state index contributed by atoms with van der Waals surface area (Å²) in [7, 11) is 0. The van der Waals surface area contributed by atoms with E-state index in [1.165, 1.54) is 5.56 Å². The van der Waals surface area contributed by atoms with E-state index in [2.05, 4.69) is 53.9 Å². The predicted molar refractivity (Wildman–Crippen MR) is 123 cm³/mol. The molecule has 2 aromatic carbocycles. The lowest BCUT2D eigenvalue weighted by atomic mass is 10.0. The number of aromatic nitrogens is 4. The van der Waals surface area contributed by atoms with Gasteiger partial charge in [0, 0.05) is 41.6 Å². The minimum absolute atomic E-state index is 0.418. The Morgan fingerprint density at radius 1 is 1.03 bits per heavy atom. The van der Waals surface area contributed by atoms with Crippen molar-refractivity contribution in [3.8, 4) is 11.3 Å². The van der Waals surface area contributed by atoms with Crippen LogP contribution in [0.5, 0.6) is 0 Å². The van der Waals surface area contributed by atoms with E-state index in [9.17, 15) is 0 Å². The van der Waals surface area contributed by atoms with Gasteiger partial charge in [-0.1, -0.05) is 18.2 Å². The quantitative estimate of drug-likeness (QED) is 0.445. The zero-order valence-corrected chi connectivity index (χ0v) is 18.2. The van der Waals surface area contributed by atoms with Crippen molar-refractivity contribution in [2.45, 2.75) is 25.4 Å². The fourth-order valence-electron chi connectivity index (χ4n) is 4.03. The van der Waals surface area contributed by atoms with E-state index in [0.29, 0.717) is 6.04 Å². The van der Waals surface area contributed by atoms with Crippen molar-refractivity contribution in [2.75, 3.05) is 18.8 Å². The van der Waals surface area contributed by atoms with Crippen LogP contribution >= 0.6 is 15.9 Å². The monoisotopic (exact) mass is 462 g/mol. The number of piperidine rings is 1. The maximum atomic E-state index is 5.79. The van der Waals surface area contributed by atoms with Gasteiger partial charge in [-0.15, -0.1) is 0 Å². The van der Waals surface area contributed by atoms with Crippen molar-refractivity contribution < 1.29 is 0 Å². The van der Waals surface area contributed by atoms with Crippen LogP contribution < -0.4 is 5.73 Å². The van der Waals surface area contributed by atoms with Gasteiger partial charge < -0.3 is 5.73 Å². The van der Waals surface area contributed by atoms with Gasteiger partial charge in [0.05, 0.1) is 29.6 Å². The summed E-state index contributed by atoms with van der Waals surface area (Å²) in [6.45, 7) is 3.10. The molecule has 5 rings (SSSR count). The molecule has 4 aromatic rings. The molecule has 0 radical (unpaired) electrons. The standard InChI is InChI=1S/C23H23BrN6/c24-20-2-1-3-21-23(20)28-22(13-26-21)17-12-27-30(15-17)19-8-10-29(11-9-19)14-16-4-6-18(25)7-5-16/h1-7,12-13,15,19H,8-11,14,25H2. The molecule has 152 valence electrons. The summed E-state index contributed by atoms with van der Waals surface area (Å²) in [4.78, 5) is 11.8. The lowest BCUT2D eigenvalue weighted by Gasteiger charge is -2.32. The molecule has 2 aromatic heterocycles. The molecule has 1 aliphatic heterocycles. The summed E-state index contributed by atoms with van der Waals surface area (Å²) in [5.74, 6) is 0. The molecule has 1 aliphatic rings. The van der Waals surface area contributed by atoms with Crippen molar-refractivity contribution in [2.24, 2.45) is 0 Å². The summed E-state index contributed by atoms with van der Waals surface area (Å²) in [5, 5.41) is 4.64. The molecule has 30 heavy (non-hydrogen) atoms. The summed E-state index contributed by atoms with van der Waals surface area (Å²) >= 11 is 3.57. The largest absolute Gasteiger partial charge is 0.399 e. The fourth-order valence-corrected chi connectivity index (χ4v) is 4.48. The number of nitrogens with zero attached hydrogens (tertiary/aromatic N) is 5. The first-order chi connectivity index (χ1) is 14.7. The topological polar surface area (TPSA) is 72.9 Å². The summed E-state index contributed by atoms with van der Waals surface area (Å²) < 4.78 is 3.05. The third-order valence-corrected chi connectivity index (χ3v) is 6.38. The molecular weight excluding hydrogens is 440 g/mol. The number of nitrogens with two attached hydrogens (primary N) is 1. The van der Waals surface area contributed by atoms with Gasteiger partial charge in [-0.2, -0.15) is 5.10 Å². The van der Waals surface area contributed by atoms with E-state index in [4.69, 9.17) is 10.7 Å². The molecule has 1 fully saturated rings. The van der Waals surface area contributed by atoms with E-state index < -0.39 is 0 Å². The van der Waals surface area contributed by atoms with E-state index in [-0.39, 0.29) is 0 Å². The van der Waals surface area contributed by atoms with Crippen molar-refractivity contribution in [3.63, 3.8) is 0 Å². The van der Waals surface area contributed by atoms with Crippen LogP contribution in [0.4, 0.5) is 5.69 Å². The van der Waals surface area contributed by atoms with Crippen LogP contribution in [0.1, 0.15) is 24.4 Å². The average molecular weight is 463 g/mol. The normalized spacial score (nSPS) is 15.6. The third kappa shape index (κ3) is 3.95. The molecule has 1 saturated heterocycles. The Bertz CT molecular complexity index is 1160. The van der Waals surface area contributed by atoms with Crippen molar-refractivity contribution >= 4 is 32.7 Å². The van der Waals surface area contributed by atoms with E-state index in [1.54, 1.807) is 0 Å². The second kappa shape index (κ2) is 8.16. The van der Waals surface area contributed by atoms with Crippen LogP contribution in [0.15, 0.2) is 65.5 Å². The van der Waals surface area contributed by atoms with Crippen LogP contribution in [0, 0.1) is 0 Å². The number of anilines is 1. The minimum atomic E-state index is 0.418. The number of rotatable bonds is 4. The molecule has 0 aliphatic carbocycles. The zero-order valence-electron chi connectivity index (χ0n) is 16.6.